The number of hydrogen-bond donors (Lipinski definition) is 2. The van der Waals surface area contributed by atoms with Crippen LogP contribution in [-0.4, -0.2) is 45.3 Å². The van der Waals surface area contributed by atoms with Crippen LogP contribution >= 0.6 is 0 Å². The molecular weight excluding hydrogens is 544 g/mol. The number of carboxylic acids is 2. The lowest BCUT2D eigenvalue weighted by Gasteiger charge is -2.15. The lowest BCUT2D eigenvalue weighted by Crippen LogP contribution is -2.07. The zero-order valence-electron chi connectivity index (χ0n) is 24.3. The zero-order chi connectivity index (χ0) is 30.3. The molecule has 4 rings (SSSR count). The molecule has 224 valence electrons. The number of unbranched alkanes of at least 4 members (excludes halogenated alkanes) is 3. The molecule has 43 heavy (non-hydrogen) atoms. The first kappa shape index (κ1) is 31.2. The van der Waals surface area contributed by atoms with Crippen LogP contribution in [0.5, 0.6) is 11.5 Å². The van der Waals surface area contributed by atoms with Gasteiger partial charge in [0.05, 0.1) is 13.2 Å². The largest absolute Gasteiger partial charge is 0.494 e. The van der Waals surface area contributed by atoms with E-state index in [9.17, 15) is 14.7 Å². The first-order valence-corrected chi connectivity index (χ1v) is 14.8. The Kier molecular flexibility index (Phi) is 12.1. The number of rotatable bonds is 18. The van der Waals surface area contributed by atoms with E-state index in [0.29, 0.717) is 25.2 Å². The van der Waals surface area contributed by atoms with Gasteiger partial charge in [-0.1, -0.05) is 55.3 Å². The third-order valence-corrected chi connectivity index (χ3v) is 7.13. The molecular formula is C35H38N2O6. The van der Waals surface area contributed by atoms with Crippen LogP contribution in [0.1, 0.15) is 56.1 Å². The predicted octanol–water partition coefficient (Wildman–Crippen LogP) is 7.25. The van der Waals surface area contributed by atoms with Gasteiger partial charge in [-0.2, -0.15) is 0 Å². The second-order valence-corrected chi connectivity index (χ2v) is 10.4. The summed E-state index contributed by atoms with van der Waals surface area (Å²) in [6.07, 6.45) is 10.7. The predicted molar refractivity (Wildman–Crippen MR) is 165 cm³/mol. The topological polar surface area (TPSA) is 119 Å². The van der Waals surface area contributed by atoms with E-state index in [2.05, 4.69) is 34.2 Å². The van der Waals surface area contributed by atoms with Gasteiger partial charge in [0.15, 0.2) is 0 Å². The van der Waals surface area contributed by atoms with E-state index in [1.807, 2.05) is 42.5 Å². The van der Waals surface area contributed by atoms with Gasteiger partial charge in [0.1, 0.15) is 17.8 Å². The lowest BCUT2D eigenvalue weighted by atomic mass is 9.97. The molecule has 0 aliphatic carbocycles. The van der Waals surface area contributed by atoms with Crippen LogP contribution in [0.2, 0.25) is 0 Å². The van der Waals surface area contributed by atoms with E-state index in [1.165, 1.54) is 6.33 Å². The van der Waals surface area contributed by atoms with Gasteiger partial charge in [-0.15, -0.1) is 0 Å². The molecule has 0 unspecified atom stereocenters. The smallest absolute Gasteiger partial charge is 0.303 e. The molecule has 0 saturated heterocycles. The molecule has 4 aromatic rings. The van der Waals surface area contributed by atoms with Gasteiger partial charge in [-0.3, -0.25) is 9.59 Å². The van der Waals surface area contributed by atoms with Crippen molar-refractivity contribution in [2.45, 2.75) is 57.8 Å². The van der Waals surface area contributed by atoms with E-state index in [0.717, 1.165) is 71.2 Å². The Bertz CT molecular complexity index is 1400. The molecule has 8 heteroatoms. The van der Waals surface area contributed by atoms with E-state index >= 15 is 0 Å². The molecule has 8 nitrogen and oxygen atoms in total. The first-order valence-electron chi connectivity index (χ1n) is 14.8. The highest BCUT2D eigenvalue weighted by Gasteiger charge is 2.12. The summed E-state index contributed by atoms with van der Waals surface area (Å²) in [6.45, 7) is 0.886. The van der Waals surface area contributed by atoms with Crippen molar-refractivity contribution in [2.75, 3.05) is 13.2 Å². The van der Waals surface area contributed by atoms with Crippen molar-refractivity contribution in [1.29, 1.82) is 0 Å². The van der Waals surface area contributed by atoms with Gasteiger partial charge in [-0.25, -0.2) is 9.97 Å². The van der Waals surface area contributed by atoms with Crippen molar-refractivity contribution >= 4 is 11.9 Å². The van der Waals surface area contributed by atoms with Crippen LogP contribution < -0.4 is 9.47 Å². The summed E-state index contributed by atoms with van der Waals surface area (Å²) in [7, 11) is 0. The number of aryl methyl sites for hydroxylation is 1. The molecule has 0 aliphatic heterocycles. The number of nitrogens with zero attached hydrogens (tertiary/aromatic N) is 2. The third-order valence-electron chi connectivity index (χ3n) is 7.13. The van der Waals surface area contributed by atoms with Crippen LogP contribution in [0.4, 0.5) is 0 Å². The molecule has 0 saturated carbocycles. The Hall–Kier alpha value is -4.72. The number of aromatic nitrogens is 2. The highest BCUT2D eigenvalue weighted by molar-refractivity contribution is 5.74. The highest BCUT2D eigenvalue weighted by atomic mass is 16.5. The minimum atomic E-state index is -0.860. The Balaban J connectivity index is 1.29. The average Bonchev–Trinajstić information content (AvgIpc) is 3.02. The van der Waals surface area contributed by atoms with Crippen molar-refractivity contribution in [2.24, 2.45) is 0 Å². The van der Waals surface area contributed by atoms with Crippen molar-refractivity contribution in [1.82, 2.24) is 9.97 Å². The Morgan fingerprint density at radius 3 is 2.07 bits per heavy atom. The van der Waals surface area contributed by atoms with E-state index in [-0.39, 0.29) is 19.4 Å². The maximum Gasteiger partial charge on any atom is 0.303 e. The molecule has 3 aromatic carbocycles. The fourth-order valence-electron chi connectivity index (χ4n) is 4.96. The summed E-state index contributed by atoms with van der Waals surface area (Å²) in [6, 6.07) is 22.2. The summed E-state index contributed by atoms with van der Waals surface area (Å²) < 4.78 is 12.1. The number of ether oxygens (including phenoxy) is 2. The SMILES string of the molecule is O=C(O)CCCOc1cccc(CCCCCCOc2cc(-c3ccccc3)cc(-c3cncnc3)c2)c1CCC(=O)O. The van der Waals surface area contributed by atoms with E-state index < -0.39 is 11.9 Å². The molecule has 0 spiro atoms. The van der Waals surface area contributed by atoms with Crippen LogP contribution in [0.15, 0.2) is 85.5 Å². The molecule has 1 heterocycles. The first-order chi connectivity index (χ1) is 21.0. The van der Waals surface area contributed by atoms with Gasteiger partial charge in [0, 0.05) is 30.8 Å². The number of carbonyl (C=O) groups is 2. The standard InChI is InChI=1S/C35H38N2O6/c38-34(39)15-9-19-43-33-14-8-13-27(32(33)16-17-35(40)41)12-4-1-2-7-18-42-31-21-28(26-10-5-3-6-11-26)20-29(22-31)30-23-36-25-37-24-30/h3,5-6,8,10-11,13-14,20-25H,1-2,4,7,9,12,15-19H2,(H,38,39)(H,40,41). The quantitative estimate of drug-likeness (QED) is 0.118. The van der Waals surface area contributed by atoms with Crippen molar-refractivity contribution in [3.05, 3.63) is 96.6 Å². The number of carboxylic acid groups (broad SMARTS) is 2. The molecule has 2 N–H and O–H groups in total. The van der Waals surface area contributed by atoms with Gasteiger partial charge >= 0.3 is 11.9 Å². The maximum absolute atomic E-state index is 11.3. The second kappa shape index (κ2) is 16.7. The maximum atomic E-state index is 11.3. The summed E-state index contributed by atoms with van der Waals surface area (Å²) in [5.74, 6) is -0.257. The number of aliphatic carboxylic acids is 2. The molecule has 0 radical (unpaired) electrons. The van der Waals surface area contributed by atoms with Gasteiger partial charge in [0.2, 0.25) is 0 Å². The lowest BCUT2D eigenvalue weighted by molar-refractivity contribution is -0.138. The van der Waals surface area contributed by atoms with Gasteiger partial charge in [0.25, 0.3) is 0 Å². The average molecular weight is 583 g/mol. The van der Waals surface area contributed by atoms with Crippen molar-refractivity contribution < 1.29 is 29.3 Å². The molecule has 0 amide bonds. The Labute approximate surface area is 252 Å². The highest BCUT2D eigenvalue weighted by Crippen LogP contribution is 2.31. The van der Waals surface area contributed by atoms with Crippen LogP contribution in [0.25, 0.3) is 22.3 Å². The summed E-state index contributed by atoms with van der Waals surface area (Å²) in [4.78, 5) is 30.4. The van der Waals surface area contributed by atoms with Gasteiger partial charge < -0.3 is 19.7 Å². The van der Waals surface area contributed by atoms with Crippen LogP contribution in [0, 0.1) is 0 Å². The summed E-state index contributed by atoms with van der Waals surface area (Å²) >= 11 is 0. The van der Waals surface area contributed by atoms with Crippen LogP contribution in [-0.2, 0) is 22.4 Å². The minimum Gasteiger partial charge on any atom is -0.494 e. The summed E-state index contributed by atoms with van der Waals surface area (Å²) in [5, 5.41) is 18.1. The fourth-order valence-corrected chi connectivity index (χ4v) is 4.96. The van der Waals surface area contributed by atoms with E-state index in [1.54, 1.807) is 12.4 Å². The Morgan fingerprint density at radius 2 is 1.33 bits per heavy atom. The molecule has 0 bridgehead atoms. The zero-order valence-corrected chi connectivity index (χ0v) is 24.3. The van der Waals surface area contributed by atoms with Crippen molar-refractivity contribution in [3.63, 3.8) is 0 Å². The van der Waals surface area contributed by atoms with Crippen molar-refractivity contribution in [3.8, 4) is 33.8 Å². The normalized spacial score (nSPS) is 10.8. The Morgan fingerprint density at radius 1 is 0.628 bits per heavy atom. The fraction of sp³-hybridized carbons (Fsp3) is 0.314. The molecule has 0 aliphatic rings. The molecule has 0 fully saturated rings. The summed E-state index contributed by atoms with van der Waals surface area (Å²) in [5.41, 5.74) is 6.11. The minimum absolute atomic E-state index is 0.0182. The van der Waals surface area contributed by atoms with Gasteiger partial charge in [-0.05, 0) is 84.2 Å². The van der Waals surface area contributed by atoms with E-state index in [4.69, 9.17) is 14.6 Å². The second-order valence-electron chi connectivity index (χ2n) is 10.4. The number of hydrogen-bond acceptors (Lipinski definition) is 6. The monoisotopic (exact) mass is 582 g/mol. The molecule has 0 atom stereocenters. The molecule has 1 aromatic heterocycles. The third kappa shape index (κ3) is 10.3. The van der Waals surface area contributed by atoms with Crippen LogP contribution in [0.3, 0.4) is 0 Å². The number of benzene rings is 3.